The second-order valence-electron chi connectivity index (χ2n) is 3.27. The predicted molar refractivity (Wildman–Crippen MR) is 71.6 cm³/mol. The van der Waals surface area contributed by atoms with Crippen LogP contribution < -0.4 is 5.32 Å². The molecule has 0 aliphatic carbocycles. The van der Waals surface area contributed by atoms with Gasteiger partial charge in [0, 0.05) is 28.3 Å². The van der Waals surface area contributed by atoms with Crippen LogP contribution in [-0.2, 0) is 11.2 Å². The van der Waals surface area contributed by atoms with Crippen molar-refractivity contribution in [2.24, 2.45) is 0 Å². The van der Waals surface area contributed by atoms with Gasteiger partial charge in [-0.15, -0.1) is 0 Å². The summed E-state index contributed by atoms with van der Waals surface area (Å²) in [5, 5.41) is 4.76. The fourth-order valence-corrected chi connectivity index (χ4v) is 2.10. The van der Waals surface area contributed by atoms with Gasteiger partial charge in [0.05, 0.1) is 0 Å². The molecule has 16 heavy (non-hydrogen) atoms. The van der Waals surface area contributed by atoms with Gasteiger partial charge in [0.25, 0.3) is 0 Å². The number of nitrogens with one attached hydrogen (secondary N) is 1. The molecule has 1 rings (SSSR count). The lowest BCUT2D eigenvalue weighted by Gasteiger charge is -2.06. The van der Waals surface area contributed by atoms with Crippen LogP contribution in [0.25, 0.3) is 0 Å². The molecule has 1 aromatic rings. The van der Waals surface area contributed by atoms with E-state index in [-0.39, 0.29) is 5.91 Å². The van der Waals surface area contributed by atoms with E-state index in [0.717, 1.165) is 5.56 Å². The van der Waals surface area contributed by atoms with Gasteiger partial charge in [-0.1, -0.05) is 45.2 Å². The molecule has 5 heteroatoms. The van der Waals surface area contributed by atoms with Crippen molar-refractivity contribution in [3.05, 3.63) is 33.8 Å². The first-order chi connectivity index (χ1) is 7.63. The Balaban J connectivity index is 2.40. The maximum Gasteiger partial charge on any atom is 0.220 e. The molecule has 0 saturated carbocycles. The van der Waals surface area contributed by atoms with Crippen molar-refractivity contribution in [2.75, 3.05) is 11.9 Å². The van der Waals surface area contributed by atoms with Gasteiger partial charge in [-0.2, -0.15) is 0 Å². The summed E-state index contributed by atoms with van der Waals surface area (Å²) >= 11 is 15.0. The Morgan fingerprint density at radius 3 is 2.75 bits per heavy atom. The molecule has 0 radical (unpaired) electrons. The molecule has 0 saturated heterocycles. The Kier molecular flexibility index (Phi) is 6.17. The Hall–Kier alpha value is -0.250. The molecule has 1 amide bonds. The number of hydrogen-bond donors (Lipinski definition) is 1. The maximum absolute atomic E-state index is 11.2. The molecule has 0 spiro atoms. The van der Waals surface area contributed by atoms with Crippen LogP contribution in [0.2, 0.25) is 10.0 Å². The topological polar surface area (TPSA) is 29.1 Å². The summed E-state index contributed by atoms with van der Waals surface area (Å²) in [5.74, 6) is 0.0435. The average Bonchev–Trinajstić information content (AvgIpc) is 2.22. The van der Waals surface area contributed by atoms with Gasteiger partial charge in [-0.3, -0.25) is 4.79 Å². The van der Waals surface area contributed by atoms with Crippen LogP contribution in [-0.4, -0.2) is 17.8 Å². The number of carbonyl (C=O) groups is 1. The number of carbonyl (C=O) groups excluding carboxylic acids is 1. The first-order valence-electron chi connectivity index (χ1n) is 4.90. The van der Waals surface area contributed by atoms with E-state index in [2.05, 4.69) is 21.2 Å². The molecule has 88 valence electrons. The second-order valence-corrected chi connectivity index (χ2v) is 4.91. The van der Waals surface area contributed by atoms with Gasteiger partial charge < -0.3 is 5.32 Å². The summed E-state index contributed by atoms with van der Waals surface area (Å²) in [6, 6.07) is 5.38. The minimum absolute atomic E-state index is 0.0435. The Labute approximate surface area is 113 Å². The molecular formula is C11H12BrCl2NO. The van der Waals surface area contributed by atoms with Crippen LogP contribution in [0.15, 0.2) is 18.2 Å². The smallest absolute Gasteiger partial charge is 0.220 e. The molecule has 0 bridgehead atoms. The molecule has 0 aliphatic heterocycles. The van der Waals surface area contributed by atoms with Gasteiger partial charge in [-0.05, 0) is 24.1 Å². The summed E-state index contributed by atoms with van der Waals surface area (Å²) in [4.78, 5) is 11.2. The van der Waals surface area contributed by atoms with Gasteiger partial charge in [-0.25, -0.2) is 0 Å². The monoisotopic (exact) mass is 323 g/mol. The molecule has 2 nitrogen and oxygen atoms in total. The van der Waals surface area contributed by atoms with Gasteiger partial charge >= 0.3 is 0 Å². The Bertz CT molecular complexity index is 371. The Morgan fingerprint density at radius 1 is 1.38 bits per heavy atom. The van der Waals surface area contributed by atoms with Gasteiger partial charge in [0.1, 0.15) is 0 Å². The van der Waals surface area contributed by atoms with E-state index in [1.54, 1.807) is 12.1 Å². The van der Waals surface area contributed by atoms with E-state index in [1.165, 1.54) is 0 Å². The van der Waals surface area contributed by atoms with Crippen LogP contribution >= 0.6 is 39.1 Å². The maximum atomic E-state index is 11.2. The SMILES string of the molecule is O=C(CCBr)NCCc1ccc(Cl)cc1Cl. The standard InChI is InChI=1S/C11H12BrCl2NO/c12-5-3-11(16)15-6-4-8-1-2-9(13)7-10(8)14/h1-2,7H,3-6H2,(H,15,16). The molecule has 1 aromatic carbocycles. The third kappa shape index (κ3) is 4.73. The predicted octanol–water partition coefficient (Wildman–Crippen LogP) is 3.44. The third-order valence-corrected chi connectivity index (χ3v) is 3.04. The summed E-state index contributed by atoms with van der Waals surface area (Å²) in [5.41, 5.74) is 0.991. The molecule has 0 atom stereocenters. The quantitative estimate of drug-likeness (QED) is 0.826. The summed E-state index contributed by atoms with van der Waals surface area (Å²) in [6.07, 6.45) is 1.21. The molecule has 0 aromatic heterocycles. The lowest BCUT2D eigenvalue weighted by atomic mass is 10.1. The molecule has 0 aliphatic rings. The zero-order valence-electron chi connectivity index (χ0n) is 8.60. The fraction of sp³-hybridized carbons (Fsp3) is 0.364. The fourth-order valence-electron chi connectivity index (χ4n) is 1.24. The highest BCUT2D eigenvalue weighted by molar-refractivity contribution is 9.09. The number of benzene rings is 1. The molecule has 0 unspecified atom stereocenters. The molecule has 0 heterocycles. The van der Waals surface area contributed by atoms with Crippen LogP contribution in [0.3, 0.4) is 0 Å². The minimum Gasteiger partial charge on any atom is -0.356 e. The second kappa shape index (κ2) is 7.15. The highest BCUT2D eigenvalue weighted by Crippen LogP contribution is 2.20. The van der Waals surface area contributed by atoms with Gasteiger partial charge in [0.2, 0.25) is 5.91 Å². The summed E-state index contributed by atoms with van der Waals surface area (Å²) in [7, 11) is 0. The number of hydrogen-bond acceptors (Lipinski definition) is 1. The Morgan fingerprint density at radius 2 is 2.12 bits per heavy atom. The van der Waals surface area contributed by atoms with E-state index in [4.69, 9.17) is 23.2 Å². The van der Waals surface area contributed by atoms with E-state index < -0.39 is 0 Å². The van der Waals surface area contributed by atoms with Crippen LogP contribution in [0.5, 0.6) is 0 Å². The summed E-state index contributed by atoms with van der Waals surface area (Å²) in [6.45, 7) is 0.590. The zero-order valence-corrected chi connectivity index (χ0v) is 11.7. The van der Waals surface area contributed by atoms with Crippen molar-refractivity contribution in [3.63, 3.8) is 0 Å². The number of halogens is 3. The number of rotatable bonds is 5. The van der Waals surface area contributed by atoms with Gasteiger partial charge in [0.15, 0.2) is 0 Å². The van der Waals surface area contributed by atoms with E-state index in [0.29, 0.717) is 34.8 Å². The van der Waals surface area contributed by atoms with Crippen LogP contribution in [0.4, 0.5) is 0 Å². The van der Waals surface area contributed by atoms with Crippen LogP contribution in [0.1, 0.15) is 12.0 Å². The van der Waals surface area contributed by atoms with Crippen molar-refractivity contribution >= 4 is 45.0 Å². The molecule has 0 fully saturated rings. The van der Waals surface area contributed by atoms with Crippen molar-refractivity contribution in [2.45, 2.75) is 12.8 Å². The first-order valence-corrected chi connectivity index (χ1v) is 6.78. The third-order valence-electron chi connectivity index (χ3n) is 2.05. The first kappa shape index (κ1) is 13.8. The van der Waals surface area contributed by atoms with Crippen molar-refractivity contribution in [1.29, 1.82) is 0 Å². The normalized spacial score (nSPS) is 10.2. The van der Waals surface area contributed by atoms with E-state index in [1.807, 2.05) is 6.07 Å². The van der Waals surface area contributed by atoms with Crippen LogP contribution in [0, 0.1) is 0 Å². The lowest BCUT2D eigenvalue weighted by molar-refractivity contribution is -0.120. The largest absolute Gasteiger partial charge is 0.356 e. The zero-order chi connectivity index (χ0) is 12.0. The van der Waals surface area contributed by atoms with Crippen molar-refractivity contribution in [3.8, 4) is 0 Å². The highest BCUT2D eigenvalue weighted by Gasteiger charge is 2.03. The average molecular weight is 325 g/mol. The minimum atomic E-state index is 0.0435. The van der Waals surface area contributed by atoms with Crippen molar-refractivity contribution < 1.29 is 4.79 Å². The van der Waals surface area contributed by atoms with E-state index in [9.17, 15) is 4.79 Å². The lowest BCUT2D eigenvalue weighted by Crippen LogP contribution is -2.25. The molecule has 1 N–H and O–H groups in total. The van der Waals surface area contributed by atoms with E-state index >= 15 is 0 Å². The molecular weight excluding hydrogens is 313 g/mol. The van der Waals surface area contributed by atoms with Crippen molar-refractivity contribution in [1.82, 2.24) is 5.32 Å². The summed E-state index contributed by atoms with van der Waals surface area (Å²) < 4.78 is 0. The number of alkyl halides is 1. The highest BCUT2D eigenvalue weighted by atomic mass is 79.9. The number of amides is 1.